The molecule has 1 heterocycles. The molecule has 0 radical (unpaired) electrons. The Kier molecular flexibility index (Phi) is 4.93. The van der Waals surface area contributed by atoms with Crippen LogP contribution in [-0.4, -0.2) is 41.2 Å². The van der Waals surface area contributed by atoms with Gasteiger partial charge in [0.15, 0.2) is 0 Å². The molecule has 1 aromatic heterocycles. The third-order valence-corrected chi connectivity index (χ3v) is 2.34. The highest BCUT2D eigenvalue weighted by Gasteiger charge is 2.14. The molecule has 0 spiro atoms. The Morgan fingerprint density at radius 3 is 2.41 bits per heavy atom. The Balaban J connectivity index is 3.08. The Morgan fingerprint density at radius 2 is 1.94 bits per heavy atom. The molecule has 0 aliphatic rings. The van der Waals surface area contributed by atoms with Gasteiger partial charge in [-0.25, -0.2) is 0 Å². The van der Waals surface area contributed by atoms with Crippen molar-refractivity contribution in [1.82, 2.24) is 15.0 Å². The maximum atomic E-state index is 5.09. The average molecular weight is 239 g/mol. The minimum Gasteiger partial charge on any atom is -0.467 e. The predicted octanol–water partition coefficient (Wildman–Crippen LogP) is 1.55. The number of methoxy groups -OCH3 is 1. The van der Waals surface area contributed by atoms with E-state index in [0.717, 1.165) is 13.1 Å². The predicted molar refractivity (Wildman–Crippen MR) is 68.7 cm³/mol. The van der Waals surface area contributed by atoms with Gasteiger partial charge in [-0.15, -0.1) is 0 Å². The third kappa shape index (κ3) is 3.44. The van der Waals surface area contributed by atoms with Crippen molar-refractivity contribution in [2.24, 2.45) is 0 Å². The molecule has 96 valence electrons. The molecular weight excluding hydrogens is 218 g/mol. The normalized spacial score (nSPS) is 10.5. The molecule has 1 aromatic rings. The lowest BCUT2D eigenvalue weighted by molar-refractivity contribution is 0.378. The van der Waals surface area contributed by atoms with E-state index in [1.54, 1.807) is 7.11 Å². The van der Waals surface area contributed by atoms with E-state index < -0.39 is 0 Å². The van der Waals surface area contributed by atoms with Crippen LogP contribution in [0.4, 0.5) is 11.9 Å². The van der Waals surface area contributed by atoms with Gasteiger partial charge in [0.25, 0.3) is 0 Å². The topological polar surface area (TPSA) is 63.2 Å². The summed E-state index contributed by atoms with van der Waals surface area (Å²) in [7, 11) is 1.56. The van der Waals surface area contributed by atoms with Gasteiger partial charge in [0.05, 0.1) is 7.11 Å². The molecule has 6 nitrogen and oxygen atoms in total. The lowest BCUT2D eigenvalue weighted by atomic mass is 10.3. The van der Waals surface area contributed by atoms with Crippen molar-refractivity contribution in [3.63, 3.8) is 0 Å². The molecule has 0 fully saturated rings. The standard InChI is InChI=1S/C11H21N5O/c1-6-12-9-13-10(15-11(14-9)17-5)16(7-2)8(3)4/h8H,6-7H2,1-5H3,(H,12,13,14,15). The Labute approximate surface area is 102 Å². The Hall–Kier alpha value is -1.59. The third-order valence-electron chi connectivity index (χ3n) is 2.34. The fourth-order valence-corrected chi connectivity index (χ4v) is 1.54. The van der Waals surface area contributed by atoms with Gasteiger partial charge >= 0.3 is 6.01 Å². The Morgan fingerprint density at radius 1 is 1.24 bits per heavy atom. The van der Waals surface area contributed by atoms with Crippen LogP contribution in [0.5, 0.6) is 6.01 Å². The number of ether oxygens (including phenoxy) is 1. The van der Waals surface area contributed by atoms with Crippen LogP contribution in [0, 0.1) is 0 Å². The minimum absolute atomic E-state index is 0.335. The molecule has 6 heteroatoms. The molecule has 1 rings (SSSR count). The van der Waals surface area contributed by atoms with E-state index >= 15 is 0 Å². The largest absolute Gasteiger partial charge is 0.467 e. The molecule has 0 amide bonds. The first-order chi connectivity index (χ1) is 8.12. The van der Waals surface area contributed by atoms with Crippen molar-refractivity contribution in [2.45, 2.75) is 33.7 Å². The van der Waals surface area contributed by atoms with E-state index in [-0.39, 0.29) is 0 Å². The number of hydrogen-bond donors (Lipinski definition) is 1. The van der Waals surface area contributed by atoms with Gasteiger partial charge < -0.3 is 15.0 Å². The quantitative estimate of drug-likeness (QED) is 0.812. The van der Waals surface area contributed by atoms with Crippen molar-refractivity contribution >= 4 is 11.9 Å². The number of hydrogen-bond acceptors (Lipinski definition) is 6. The highest BCUT2D eigenvalue weighted by atomic mass is 16.5. The van der Waals surface area contributed by atoms with Crippen LogP contribution in [0.25, 0.3) is 0 Å². The Bertz CT molecular complexity index is 356. The van der Waals surface area contributed by atoms with Gasteiger partial charge in [0.2, 0.25) is 11.9 Å². The maximum absolute atomic E-state index is 5.09. The molecule has 0 aliphatic carbocycles. The first-order valence-corrected chi connectivity index (χ1v) is 5.92. The fourth-order valence-electron chi connectivity index (χ4n) is 1.54. The summed E-state index contributed by atoms with van der Waals surface area (Å²) < 4.78 is 5.09. The first-order valence-electron chi connectivity index (χ1n) is 5.92. The molecule has 17 heavy (non-hydrogen) atoms. The van der Waals surface area contributed by atoms with Gasteiger partial charge in [-0.05, 0) is 27.7 Å². The highest BCUT2D eigenvalue weighted by molar-refractivity contribution is 5.38. The average Bonchev–Trinajstić information content (AvgIpc) is 2.29. The fraction of sp³-hybridized carbons (Fsp3) is 0.727. The van der Waals surface area contributed by atoms with E-state index in [1.165, 1.54) is 0 Å². The maximum Gasteiger partial charge on any atom is 0.322 e. The van der Waals surface area contributed by atoms with Crippen molar-refractivity contribution in [3.05, 3.63) is 0 Å². The van der Waals surface area contributed by atoms with Gasteiger partial charge in [-0.2, -0.15) is 15.0 Å². The number of nitrogens with zero attached hydrogens (tertiary/aromatic N) is 4. The summed E-state index contributed by atoms with van der Waals surface area (Å²) in [6.45, 7) is 9.88. The van der Waals surface area contributed by atoms with Gasteiger partial charge in [-0.3, -0.25) is 0 Å². The van der Waals surface area contributed by atoms with Crippen LogP contribution in [0.1, 0.15) is 27.7 Å². The van der Waals surface area contributed by atoms with E-state index in [1.807, 2.05) is 6.92 Å². The van der Waals surface area contributed by atoms with Crippen LogP contribution in [0.3, 0.4) is 0 Å². The molecule has 1 N–H and O–H groups in total. The smallest absolute Gasteiger partial charge is 0.322 e. The van der Waals surface area contributed by atoms with E-state index in [9.17, 15) is 0 Å². The molecular formula is C11H21N5O. The second-order valence-corrected chi connectivity index (χ2v) is 3.86. The van der Waals surface area contributed by atoms with Gasteiger partial charge in [0, 0.05) is 19.1 Å². The zero-order valence-electron chi connectivity index (χ0n) is 11.2. The van der Waals surface area contributed by atoms with Crippen LogP contribution in [0.2, 0.25) is 0 Å². The number of aromatic nitrogens is 3. The van der Waals surface area contributed by atoms with Crippen LogP contribution >= 0.6 is 0 Å². The summed E-state index contributed by atoms with van der Waals surface area (Å²) in [6, 6.07) is 0.673. The van der Waals surface area contributed by atoms with Crippen molar-refractivity contribution < 1.29 is 4.74 Å². The molecule has 0 saturated carbocycles. The molecule has 0 atom stereocenters. The van der Waals surface area contributed by atoms with E-state index in [0.29, 0.717) is 23.9 Å². The highest BCUT2D eigenvalue weighted by Crippen LogP contribution is 2.16. The second-order valence-electron chi connectivity index (χ2n) is 3.86. The van der Waals surface area contributed by atoms with Crippen molar-refractivity contribution in [2.75, 3.05) is 30.4 Å². The lowest BCUT2D eigenvalue weighted by Crippen LogP contribution is -2.32. The van der Waals surface area contributed by atoms with E-state index in [2.05, 4.69) is 45.9 Å². The van der Waals surface area contributed by atoms with Crippen LogP contribution in [-0.2, 0) is 0 Å². The SMILES string of the molecule is CCNc1nc(OC)nc(N(CC)C(C)C)n1. The van der Waals surface area contributed by atoms with Crippen LogP contribution in [0.15, 0.2) is 0 Å². The summed E-state index contributed by atoms with van der Waals surface area (Å²) in [5.74, 6) is 1.19. The summed E-state index contributed by atoms with van der Waals surface area (Å²) >= 11 is 0. The number of anilines is 2. The molecule has 0 aromatic carbocycles. The van der Waals surface area contributed by atoms with E-state index in [4.69, 9.17) is 4.74 Å². The van der Waals surface area contributed by atoms with Crippen LogP contribution < -0.4 is 15.0 Å². The number of rotatable bonds is 6. The second kappa shape index (κ2) is 6.22. The number of nitrogens with one attached hydrogen (secondary N) is 1. The molecule has 0 bridgehead atoms. The summed E-state index contributed by atoms with van der Waals surface area (Å²) in [4.78, 5) is 14.9. The summed E-state index contributed by atoms with van der Waals surface area (Å²) in [6.07, 6.45) is 0. The summed E-state index contributed by atoms with van der Waals surface area (Å²) in [5, 5.41) is 3.07. The minimum atomic E-state index is 0.335. The zero-order valence-corrected chi connectivity index (χ0v) is 11.2. The van der Waals surface area contributed by atoms with Gasteiger partial charge in [-0.1, -0.05) is 0 Å². The molecule has 0 saturated heterocycles. The first kappa shape index (κ1) is 13.5. The van der Waals surface area contributed by atoms with Crippen molar-refractivity contribution in [1.29, 1.82) is 0 Å². The monoisotopic (exact) mass is 239 g/mol. The van der Waals surface area contributed by atoms with Gasteiger partial charge in [0.1, 0.15) is 0 Å². The molecule has 0 unspecified atom stereocenters. The molecule has 0 aliphatic heterocycles. The lowest BCUT2D eigenvalue weighted by Gasteiger charge is -2.25. The summed E-state index contributed by atoms with van der Waals surface area (Å²) in [5.41, 5.74) is 0. The van der Waals surface area contributed by atoms with Crippen molar-refractivity contribution in [3.8, 4) is 6.01 Å². The zero-order chi connectivity index (χ0) is 12.8.